The molecule has 2 aliphatic rings. The van der Waals surface area contributed by atoms with E-state index >= 15 is 0 Å². The summed E-state index contributed by atoms with van der Waals surface area (Å²) < 4.78 is 33.1. The molecule has 2 aliphatic heterocycles. The molecule has 0 aliphatic carbocycles. The fraction of sp³-hybridized carbons (Fsp3) is 0.400. The van der Waals surface area contributed by atoms with E-state index in [0.29, 0.717) is 0 Å². The molecule has 34 heavy (non-hydrogen) atoms. The van der Waals surface area contributed by atoms with E-state index in [-0.39, 0.29) is 61.5 Å². The maximum Gasteiger partial charge on any atom is 0.256 e. The Hall–Kier alpha value is -3.33. The molecule has 7 nitrogen and oxygen atoms in total. The van der Waals surface area contributed by atoms with Gasteiger partial charge in [0.05, 0.1) is 6.61 Å². The minimum Gasteiger partial charge on any atom is -0.353 e. The molecule has 1 atom stereocenters. The van der Waals surface area contributed by atoms with Gasteiger partial charge < -0.3 is 15.0 Å². The monoisotopic (exact) mass is 471 g/mol. The van der Waals surface area contributed by atoms with Crippen LogP contribution < -0.4 is 5.32 Å². The molecule has 0 bridgehead atoms. The summed E-state index contributed by atoms with van der Waals surface area (Å²) in [5.41, 5.74) is -0.591. The second-order valence-electron chi connectivity index (χ2n) is 8.92. The molecule has 1 unspecified atom stereocenters. The SMILES string of the molecule is CC(C)NC(=O)C1COC2(CCN(C(=O)c3cccc(F)c3)CC2)N1C(=O)c1ccc(F)cc1. The second kappa shape index (κ2) is 9.50. The standard InChI is InChI=1S/C25H27F2N3O4/c1-16(2)28-22(31)21-15-34-25(30(21)24(33)17-6-8-19(26)9-7-17)10-12-29(13-11-25)23(32)18-4-3-5-20(27)14-18/h3-9,14,16,21H,10-13,15H2,1-2H3,(H,28,31). The van der Waals surface area contributed by atoms with E-state index in [0.717, 1.165) is 0 Å². The zero-order valence-electron chi connectivity index (χ0n) is 19.1. The summed E-state index contributed by atoms with van der Waals surface area (Å²) in [5.74, 6) is -2.04. The van der Waals surface area contributed by atoms with Gasteiger partial charge in [0, 0.05) is 43.1 Å². The third-order valence-corrected chi connectivity index (χ3v) is 6.21. The first-order chi connectivity index (χ1) is 16.2. The van der Waals surface area contributed by atoms with E-state index in [4.69, 9.17) is 4.74 Å². The lowest BCUT2D eigenvalue weighted by atomic mass is 9.96. The molecule has 2 fully saturated rings. The van der Waals surface area contributed by atoms with Gasteiger partial charge in [-0.1, -0.05) is 6.07 Å². The third-order valence-electron chi connectivity index (χ3n) is 6.21. The van der Waals surface area contributed by atoms with Gasteiger partial charge in [0.25, 0.3) is 11.8 Å². The molecule has 2 saturated heterocycles. The predicted octanol–water partition coefficient (Wildman–Crippen LogP) is 2.96. The largest absolute Gasteiger partial charge is 0.353 e. The Kier molecular flexibility index (Phi) is 6.65. The molecule has 1 N–H and O–H groups in total. The molecule has 2 aromatic rings. The molecule has 3 amide bonds. The van der Waals surface area contributed by atoms with E-state index in [1.54, 1.807) is 11.0 Å². The molecule has 9 heteroatoms. The quantitative estimate of drug-likeness (QED) is 0.744. The van der Waals surface area contributed by atoms with Gasteiger partial charge in [0.15, 0.2) is 0 Å². The number of likely N-dealkylation sites (tertiary alicyclic amines) is 1. The highest BCUT2D eigenvalue weighted by atomic mass is 19.1. The first kappa shape index (κ1) is 23.8. The van der Waals surface area contributed by atoms with Crippen molar-refractivity contribution in [3.8, 4) is 0 Å². The summed E-state index contributed by atoms with van der Waals surface area (Å²) in [6.45, 7) is 4.20. The zero-order valence-corrected chi connectivity index (χ0v) is 19.1. The van der Waals surface area contributed by atoms with Crippen molar-refractivity contribution < 1.29 is 27.9 Å². The van der Waals surface area contributed by atoms with Crippen LogP contribution in [0, 0.1) is 11.6 Å². The number of ether oxygens (including phenoxy) is 1. The fourth-order valence-corrected chi connectivity index (χ4v) is 4.54. The van der Waals surface area contributed by atoms with Gasteiger partial charge in [-0.15, -0.1) is 0 Å². The van der Waals surface area contributed by atoms with Crippen molar-refractivity contribution in [2.75, 3.05) is 19.7 Å². The highest BCUT2D eigenvalue weighted by Crippen LogP contribution is 2.39. The fourth-order valence-electron chi connectivity index (χ4n) is 4.54. The second-order valence-corrected chi connectivity index (χ2v) is 8.92. The predicted molar refractivity (Wildman–Crippen MR) is 120 cm³/mol. The Morgan fingerprint density at radius 3 is 2.26 bits per heavy atom. The normalized spacial score (nSPS) is 19.5. The Morgan fingerprint density at radius 2 is 1.65 bits per heavy atom. The van der Waals surface area contributed by atoms with E-state index in [9.17, 15) is 23.2 Å². The lowest BCUT2D eigenvalue weighted by Crippen LogP contribution is -2.60. The number of benzene rings is 2. The lowest BCUT2D eigenvalue weighted by Gasteiger charge is -2.44. The average Bonchev–Trinajstić information content (AvgIpc) is 3.17. The van der Waals surface area contributed by atoms with Gasteiger partial charge in [-0.3, -0.25) is 19.3 Å². The van der Waals surface area contributed by atoms with Crippen molar-refractivity contribution in [3.63, 3.8) is 0 Å². The number of hydrogen-bond acceptors (Lipinski definition) is 4. The van der Waals surface area contributed by atoms with Crippen LogP contribution >= 0.6 is 0 Å². The highest BCUT2D eigenvalue weighted by molar-refractivity contribution is 5.98. The Labute approximate surface area is 196 Å². The summed E-state index contributed by atoms with van der Waals surface area (Å²) in [5, 5.41) is 2.83. The molecular formula is C25H27F2N3O4. The number of nitrogens with zero attached hydrogens (tertiary/aromatic N) is 2. The van der Waals surface area contributed by atoms with Crippen molar-refractivity contribution in [3.05, 3.63) is 71.3 Å². The van der Waals surface area contributed by atoms with Gasteiger partial charge in [0.1, 0.15) is 23.4 Å². The molecule has 180 valence electrons. The number of halogens is 2. The summed E-state index contributed by atoms with van der Waals surface area (Å²) in [6.07, 6.45) is 0.568. The molecule has 2 heterocycles. The van der Waals surface area contributed by atoms with Crippen LogP contribution in [0.3, 0.4) is 0 Å². The number of piperidine rings is 1. The first-order valence-electron chi connectivity index (χ1n) is 11.3. The Balaban J connectivity index is 1.58. The number of carbonyl (C=O) groups excluding carboxylic acids is 3. The van der Waals surface area contributed by atoms with Crippen molar-refractivity contribution in [2.45, 2.75) is 44.5 Å². The molecular weight excluding hydrogens is 444 g/mol. The van der Waals surface area contributed by atoms with Crippen molar-refractivity contribution in [2.24, 2.45) is 0 Å². The van der Waals surface area contributed by atoms with Gasteiger partial charge >= 0.3 is 0 Å². The minimum atomic E-state index is -1.08. The summed E-state index contributed by atoms with van der Waals surface area (Å²) in [7, 11) is 0. The molecule has 0 radical (unpaired) electrons. The first-order valence-corrected chi connectivity index (χ1v) is 11.3. The van der Waals surface area contributed by atoms with Crippen molar-refractivity contribution in [1.82, 2.24) is 15.1 Å². The number of amides is 3. The maximum absolute atomic E-state index is 13.6. The van der Waals surface area contributed by atoms with Gasteiger partial charge in [0.2, 0.25) is 5.91 Å². The van der Waals surface area contributed by atoms with Gasteiger partial charge in [-0.25, -0.2) is 8.78 Å². The van der Waals surface area contributed by atoms with Crippen LogP contribution in [0.25, 0.3) is 0 Å². The van der Waals surface area contributed by atoms with Crippen molar-refractivity contribution in [1.29, 1.82) is 0 Å². The highest BCUT2D eigenvalue weighted by Gasteiger charge is 2.54. The Bertz CT molecular complexity index is 1080. The summed E-state index contributed by atoms with van der Waals surface area (Å²) in [6, 6.07) is 9.66. The molecule has 0 saturated carbocycles. The number of nitrogens with one attached hydrogen (secondary N) is 1. The van der Waals surface area contributed by atoms with Crippen LogP contribution in [0.4, 0.5) is 8.78 Å². The van der Waals surface area contributed by atoms with Crippen LogP contribution in [0.15, 0.2) is 48.5 Å². The third kappa shape index (κ3) is 4.65. The lowest BCUT2D eigenvalue weighted by molar-refractivity contribution is -0.128. The molecule has 2 aromatic carbocycles. The molecule has 0 aromatic heterocycles. The van der Waals surface area contributed by atoms with Gasteiger partial charge in [-0.05, 0) is 56.3 Å². The average molecular weight is 472 g/mol. The van der Waals surface area contributed by atoms with E-state index < -0.39 is 29.3 Å². The Morgan fingerprint density at radius 1 is 0.971 bits per heavy atom. The summed E-state index contributed by atoms with van der Waals surface area (Å²) >= 11 is 0. The van der Waals surface area contributed by atoms with Crippen LogP contribution in [-0.4, -0.2) is 65.0 Å². The topological polar surface area (TPSA) is 79.0 Å². The number of rotatable bonds is 4. The van der Waals surface area contributed by atoms with Crippen molar-refractivity contribution >= 4 is 17.7 Å². The van der Waals surface area contributed by atoms with E-state index in [1.807, 2.05) is 13.8 Å². The molecule has 1 spiro atoms. The van der Waals surface area contributed by atoms with Crippen LogP contribution in [0.1, 0.15) is 47.4 Å². The van der Waals surface area contributed by atoms with E-state index in [2.05, 4.69) is 5.32 Å². The molecule has 4 rings (SSSR count). The number of carbonyl (C=O) groups is 3. The van der Waals surface area contributed by atoms with Gasteiger partial charge in [-0.2, -0.15) is 0 Å². The van der Waals surface area contributed by atoms with E-state index in [1.165, 1.54) is 47.4 Å². The minimum absolute atomic E-state index is 0.0172. The summed E-state index contributed by atoms with van der Waals surface area (Å²) in [4.78, 5) is 42.3. The smallest absolute Gasteiger partial charge is 0.256 e. The van der Waals surface area contributed by atoms with Crippen LogP contribution in [-0.2, 0) is 9.53 Å². The van der Waals surface area contributed by atoms with Crippen LogP contribution in [0.2, 0.25) is 0 Å². The zero-order chi connectivity index (χ0) is 24.5. The number of hydrogen-bond donors (Lipinski definition) is 1. The van der Waals surface area contributed by atoms with Crippen LogP contribution in [0.5, 0.6) is 0 Å². The maximum atomic E-state index is 13.6.